The molecular weight excluding hydrogens is 206 g/mol. The summed E-state index contributed by atoms with van der Waals surface area (Å²) in [5.74, 6) is 0. The van der Waals surface area contributed by atoms with Crippen molar-refractivity contribution in [1.29, 1.82) is 0 Å². The van der Waals surface area contributed by atoms with Crippen LogP contribution in [0.2, 0.25) is 0 Å². The normalized spacial score (nSPS) is 12.5. The van der Waals surface area contributed by atoms with Gasteiger partial charge in [-0.2, -0.15) is 0 Å². The highest BCUT2D eigenvalue weighted by atomic mass is 14.9. The SMILES string of the molecule is CCCC/C=C/CCCCC(C)(C)NCCC. The first kappa shape index (κ1) is 16.7. The number of allylic oxidation sites excluding steroid dienone is 2. The molecule has 0 rings (SSSR count). The molecule has 1 N–H and O–H groups in total. The zero-order chi connectivity index (χ0) is 13.0. The van der Waals surface area contributed by atoms with Crippen molar-refractivity contribution in [3.63, 3.8) is 0 Å². The van der Waals surface area contributed by atoms with E-state index >= 15 is 0 Å². The van der Waals surface area contributed by atoms with Crippen LogP contribution in [0.4, 0.5) is 0 Å². The first-order valence-corrected chi connectivity index (χ1v) is 7.52. The molecule has 0 unspecified atom stereocenters. The molecule has 102 valence electrons. The van der Waals surface area contributed by atoms with Gasteiger partial charge in [-0.15, -0.1) is 0 Å². The molecule has 1 nitrogen and oxygen atoms in total. The van der Waals surface area contributed by atoms with Crippen LogP contribution in [-0.2, 0) is 0 Å². The maximum Gasteiger partial charge on any atom is 0.0125 e. The summed E-state index contributed by atoms with van der Waals surface area (Å²) in [6, 6.07) is 0. The Hall–Kier alpha value is -0.300. The fraction of sp³-hybridized carbons (Fsp3) is 0.875. The van der Waals surface area contributed by atoms with Gasteiger partial charge in [0.1, 0.15) is 0 Å². The monoisotopic (exact) mass is 239 g/mol. The molecule has 0 aliphatic carbocycles. The largest absolute Gasteiger partial charge is 0.312 e. The van der Waals surface area contributed by atoms with E-state index in [9.17, 15) is 0 Å². The van der Waals surface area contributed by atoms with E-state index in [-0.39, 0.29) is 0 Å². The van der Waals surface area contributed by atoms with Gasteiger partial charge >= 0.3 is 0 Å². The summed E-state index contributed by atoms with van der Waals surface area (Å²) in [7, 11) is 0. The van der Waals surface area contributed by atoms with Crippen LogP contribution in [0.1, 0.15) is 79.1 Å². The molecule has 0 saturated heterocycles. The maximum absolute atomic E-state index is 3.61. The van der Waals surface area contributed by atoms with Crippen molar-refractivity contribution >= 4 is 0 Å². The lowest BCUT2D eigenvalue weighted by Gasteiger charge is -2.26. The van der Waals surface area contributed by atoms with Crippen LogP contribution in [0.25, 0.3) is 0 Å². The van der Waals surface area contributed by atoms with E-state index in [1.54, 1.807) is 0 Å². The highest BCUT2D eigenvalue weighted by molar-refractivity contribution is 4.82. The molecular formula is C16H33N. The van der Waals surface area contributed by atoms with Crippen molar-refractivity contribution < 1.29 is 0 Å². The minimum atomic E-state index is 0.321. The summed E-state index contributed by atoms with van der Waals surface area (Å²) in [5, 5.41) is 3.61. The average molecular weight is 239 g/mol. The van der Waals surface area contributed by atoms with Gasteiger partial charge in [-0.25, -0.2) is 0 Å². The molecule has 0 bridgehead atoms. The molecule has 17 heavy (non-hydrogen) atoms. The van der Waals surface area contributed by atoms with Crippen molar-refractivity contribution in [3.05, 3.63) is 12.2 Å². The number of hydrogen-bond donors (Lipinski definition) is 1. The number of rotatable bonds is 11. The van der Waals surface area contributed by atoms with Crippen LogP contribution in [-0.4, -0.2) is 12.1 Å². The van der Waals surface area contributed by atoms with Crippen LogP contribution >= 0.6 is 0 Å². The predicted octanol–water partition coefficient (Wildman–Crippen LogP) is 5.07. The topological polar surface area (TPSA) is 12.0 Å². The molecule has 0 atom stereocenters. The second-order valence-electron chi connectivity index (χ2n) is 5.67. The van der Waals surface area contributed by atoms with E-state index in [0.29, 0.717) is 5.54 Å². The Morgan fingerprint density at radius 1 is 0.882 bits per heavy atom. The molecule has 0 aromatic rings. The Bertz CT molecular complexity index is 182. The predicted molar refractivity (Wildman–Crippen MR) is 79.5 cm³/mol. The van der Waals surface area contributed by atoms with E-state index in [1.807, 2.05) is 0 Å². The lowest BCUT2D eigenvalue weighted by molar-refractivity contribution is 0.351. The van der Waals surface area contributed by atoms with E-state index in [4.69, 9.17) is 0 Å². The summed E-state index contributed by atoms with van der Waals surface area (Å²) < 4.78 is 0. The van der Waals surface area contributed by atoms with E-state index in [2.05, 4.69) is 45.2 Å². The van der Waals surface area contributed by atoms with Gasteiger partial charge in [-0.05, 0) is 52.5 Å². The van der Waals surface area contributed by atoms with Crippen LogP contribution in [0.15, 0.2) is 12.2 Å². The Morgan fingerprint density at radius 2 is 1.53 bits per heavy atom. The molecule has 0 fully saturated rings. The van der Waals surface area contributed by atoms with Crippen molar-refractivity contribution in [1.82, 2.24) is 5.32 Å². The molecule has 0 spiro atoms. The minimum absolute atomic E-state index is 0.321. The third-order valence-electron chi connectivity index (χ3n) is 3.17. The van der Waals surface area contributed by atoms with Gasteiger partial charge in [0.05, 0.1) is 0 Å². The van der Waals surface area contributed by atoms with E-state index in [0.717, 1.165) is 6.54 Å². The Balaban J connectivity index is 3.40. The highest BCUT2D eigenvalue weighted by Crippen LogP contribution is 2.14. The van der Waals surface area contributed by atoms with Gasteiger partial charge in [0.2, 0.25) is 0 Å². The summed E-state index contributed by atoms with van der Waals surface area (Å²) >= 11 is 0. The van der Waals surface area contributed by atoms with Crippen LogP contribution < -0.4 is 5.32 Å². The molecule has 0 heterocycles. The summed E-state index contributed by atoms with van der Waals surface area (Å²) in [4.78, 5) is 0. The zero-order valence-electron chi connectivity index (χ0n) is 12.5. The molecule has 1 heteroatoms. The van der Waals surface area contributed by atoms with Gasteiger partial charge in [-0.1, -0.05) is 45.3 Å². The molecule has 0 saturated carbocycles. The smallest absolute Gasteiger partial charge is 0.0125 e. The third-order valence-corrected chi connectivity index (χ3v) is 3.17. The van der Waals surface area contributed by atoms with Gasteiger partial charge < -0.3 is 5.32 Å². The Kier molecular flexibility index (Phi) is 10.6. The standard InChI is InChI=1S/C16H33N/c1-5-7-8-9-10-11-12-13-14-16(3,4)17-15-6-2/h9-10,17H,5-8,11-15H2,1-4H3/b10-9+. The van der Waals surface area contributed by atoms with E-state index < -0.39 is 0 Å². The minimum Gasteiger partial charge on any atom is -0.312 e. The molecule has 0 aliphatic rings. The van der Waals surface area contributed by atoms with Crippen LogP contribution in [0, 0.1) is 0 Å². The zero-order valence-corrected chi connectivity index (χ0v) is 12.5. The quantitative estimate of drug-likeness (QED) is 0.392. The van der Waals surface area contributed by atoms with Crippen LogP contribution in [0.3, 0.4) is 0 Å². The number of unbranched alkanes of at least 4 members (excludes halogenated alkanes) is 4. The second kappa shape index (κ2) is 10.8. The lowest BCUT2D eigenvalue weighted by Crippen LogP contribution is -2.39. The van der Waals surface area contributed by atoms with Gasteiger partial charge in [0.25, 0.3) is 0 Å². The highest BCUT2D eigenvalue weighted by Gasteiger charge is 2.14. The summed E-state index contributed by atoms with van der Waals surface area (Å²) in [6.45, 7) is 10.3. The second-order valence-corrected chi connectivity index (χ2v) is 5.67. The van der Waals surface area contributed by atoms with Crippen molar-refractivity contribution in [2.45, 2.75) is 84.6 Å². The Labute approximate surface area is 109 Å². The van der Waals surface area contributed by atoms with Crippen molar-refractivity contribution in [2.24, 2.45) is 0 Å². The number of nitrogens with one attached hydrogen (secondary N) is 1. The van der Waals surface area contributed by atoms with Crippen molar-refractivity contribution in [2.75, 3.05) is 6.54 Å². The molecule has 0 aromatic heterocycles. The molecule has 0 aliphatic heterocycles. The molecule has 0 radical (unpaired) electrons. The molecule has 0 aromatic carbocycles. The summed E-state index contributed by atoms with van der Waals surface area (Å²) in [6.07, 6.45) is 15.1. The van der Waals surface area contributed by atoms with Crippen LogP contribution in [0.5, 0.6) is 0 Å². The fourth-order valence-electron chi connectivity index (χ4n) is 1.94. The van der Waals surface area contributed by atoms with Gasteiger partial charge in [0, 0.05) is 5.54 Å². The first-order chi connectivity index (χ1) is 8.12. The van der Waals surface area contributed by atoms with Gasteiger partial charge in [0.15, 0.2) is 0 Å². The Morgan fingerprint density at radius 3 is 2.12 bits per heavy atom. The van der Waals surface area contributed by atoms with E-state index in [1.165, 1.54) is 51.4 Å². The number of hydrogen-bond acceptors (Lipinski definition) is 1. The van der Waals surface area contributed by atoms with Gasteiger partial charge in [-0.3, -0.25) is 0 Å². The first-order valence-electron chi connectivity index (χ1n) is 7.52. The summed E-state index contributed by atoms with van der Waals surface area (Å²) in [5.41, 5.74) is 0.321. The third kappa shape index (κ3) is 12.0. The van der Waals surface area contributed by atoms with Crippen molar-refractivity contribution in [3.8, 4) is 0 Å². The average Bonchev–Trinajstić information content (AvgIpc) is 2.30. The fourth-order valence-corrected chi connectivity index (χ4v) is 1.94. The molecule has 0 amide bonds. The maximum atomic E-state index is 3.61. The lowest BCUT2D eigenvalue weighted by atomic mass is 9.96.